The Morgan fingerprint density at radius 1 is 0.355 bits per heavy atom. The molecule has 62 heavy (non-hydrogen) atoms. The molecule has 1 atom stereocenters. The van der Waals surface area contributed by atoms with Crippen LogP contribution in [0.15, 0.2) is 109 Å². The molecule has 0 spiro atoms. The normalized spacial score (nSPS) is 13.0. The SMILES string of the molecule is CC/C=C\C/C=C\CCCCC(=O)OCC(COC(=O)CCCCCCC\C=C/C=C\C=C/C=C\CCCCC)OC(=O)CCC/C=C\C/C=C\C/C=C\CCCCCCCC. The van der Waals surface area contributed by atoms with Gasteiger partial charge < -0.3 is 14.2 Å². The van der Waals surface area contributed by atoms with Crippen molar-refractivity contribution in [1.82, 2.24) is 0 Å². The molecule has 0 aromatic carbocycles. The highest BCUT2D eigenvalue weighted by Gasteiger charge is 2.19. The monoisotopic (exact) mass is 859 g/mol. The standard InChI is InChI=1S/C56H90O6/c1-4-7-10-13-16-19-21-23-25-27-29-30-32-34-37-40-43-46-49-55(58)61-52-53(51-60-54(57)48-45-42-39-36-18-15-12-9-6-3)62-56(59)50-47-44-41-38-35-33-31-28-26-24-22-20-17-14-11-8-5-2/h9,12,16,18-19,21,23-27,29-31,33,36,38,41,53H,4-8,10-11,13-15,17,20,22,28,32,34-35,37,39-40,42-52H2,1-3H3/b12-9-,19-16-,23-21-,26-24-,27-25-,30-29-,33-31-,36-18-,41-38-. The summed E-state index contributed by atoms with van der Waals surface area (Å²) < 4.78 is 16.6. The number of carbonyl (C=O) groups is 3. The average Bonchev–Trinajstić information content (AvgIpc) is 3.27. The van der Waals surface area contributed by atoms with Crippen LogP contribution in [0.3, 0.4) is 0 Å². The maximum absolute atomic E-state index is 12.7. The highest BCUT2D eigenvalue weighted by atomic mass is 16.6. The Labute approximate surface area is 380 Å². The lowest BCUT2D eigenvalue weighted by atomic mass is 10.1. The van der Waals surface area contributed by atoms with Crippen LogP contribution in [0.5, 0.6) is 0 Å². The molecule has 0 aliphatic rings. The van der Waals surface area contributed by atoms with Crippen LogP contribution < -0.4 is 0 Å². The van der Waals surface area contributed by atoms with E-state index in [9.17, 15) is 14.4 Å². The maximum atomic E-state index is 12.7. The van der Waals surface area contributed by atoms with E-state index in [1.54, 1.807) is 0 Å². The summed E-state index contributed by atoms with van der Waals surface area (Å²) in [7, 11) is 0. The van der Waals surface area contributed by atoms with Gasteiger partial charge in [0.2, 0.25) is 0 Å². The fraction of sp³-hybridized carbons (Fsp3) is 0.625. The molecule has 0 bridgehead atoms. The molecule has 0 fully saturated rings. The minimum absolute atomic E-state index is 0.123. The first-order valence-electron chi connectivity index (χ1n) is 24.9. The minimum Gasteiger partial charge on any atom is -0.462 e. The Kier molecular flexibility index (Phi) is 46.6. The predicted octanol–water partition coefficient (Wildman–Crippen LogP) is 16.4. The van der Waals surface area contributed by atoms with E-state index < -0.39 is 6.10 Å². The zero-order valence-electron chi connectivity index (χ0n) is 39.8. The van der Waals surface area contributed by atoms with Gasteiger partial charge >= 0.3 is 17.9 Å². The molecule has 0 radical (unpaired) electrons. The van der Waals surface area contributed by atoms with Gasteiger partial charge in [-0.05, 0) is 103 Å². The largest absolute Gasteiger partial charge is 0.462 e. The van der Waals surface area contributed by atoms with E-state index in [4.69, 9.17) is 14.2 Å². The van der Waals surface area contributed by atoms with Crippen LogP contribution in [0.1, 0.15) is 207 Å². The smallest absolute Gasteiger partial charge is 0.306 e. The van der Waals surface area contributed by atoms with Gasteiger partial charge in [0.25, 0.3) is 0 Å². The fourth-order valence-electron chi connectivity index (χ4n) is 6.33. The van der Waals surface area contributed by atoms with E-state index in [1.165, 1.54) is 64.2 Å². The Morgan fingerprint density at radius 3 is 1.24 bits per heavy atom. The molecule has 1 unspecified atom stereocenters. The van der Waals surface area contributed by atoms with Crippen molar-refractivity contribution < 1.29 is 28.6 Å². The summed E-state index contributed by atoms with van der Waals surface area (Å²) in [6.45, 7) is 6.35. The van der Waals surface area contributed by atoms with Crippen LogP contribution in [0.2, 0.25) is 0 Å². The van der Waals surface area contributed by atoms with Crippen LogP contribution in [0.4, 0.5) is 0 Å². The molecule has 0 heterocycles. The van der Waals surface area contributed by atoms with Crippen molar-refractivity contribution in [2.75, 3.05) is 13.2 Å². The summed E-state index contributed by atoms with van der Waals surface area (Å²) >= 11 is 0. The zero-order valence-corrected chi connectivity index (χ0v) is 39.8. The van der Waals surface area contributed by atoms with Crippen LogP contribution in [0.25, 0.3) is 0 Å². The highest BCUT2D eigenvalue weighted by Crippen LogP contribution is 2.11. The Hall–Kier alpha value is -3.93. The van der Waals surface area contributed by atoms with Crippen molar-refractivity contribution >= 4 is 17.9 Å². The highest BCUT2D eigenvalue weighted by molar-refractivity contribution is 5.71. The summed E-state index contributed by atoms with van der Waals surface area (Å²) in [5, 5.41) is 0. The maximum Gasteiger partial charge on any atom is 0.306 e. The number of allylic oxidation sites excluding steroid dienone is 18. The number of rotatable bonds is 43. The number of unbranched alkanes of at least 4 members (excludes halogenated alkanes) is 17. The molecule has 0 aromatic rings. The van der Waals surface area contributed by atoms with Gasteiger partial charge in [-0.2, -0.15) is 0 Å². The number of carbonyl (C=O) groups excluding carboxylic acids is 3. The fourth-order valence-corrected chi connectivity index (χ4v) is 6.33. The number of esters is 3. The number of hydrogen-bond donors (Lipinski definition) is 0. The van der Waals surface area contributed by atoms with Crippen LogP contribution >= 0.6 is 0 Å². The van der Waals surface area contributed by atoms with Crippen molar-refractivity contribution in [3.63, 3.8) is 0 Å². The summed E-state index contributed by atoms with van der Waals surface area (Å²) in [6, 6.07) is 0. The summed E-state index contributed by atoms with van der Waals surface area (Å²) in [6.07, 6.45) is 66.6. The van der Waals surface area contributed by atoms with E-state index >= 15 is 0 Å². The van der Waals surface area contributed by atoms with Crippen molar-refractivity contribution in [3.8, 4) is 0 Å². The average molecular weight is 859 g/mol. The third-order valence-electron chi connectivity index (χ3n) is 10.1. The van der Waals surface area contributed by atoms with Crippen LogP contribution in [0, 0.1) is 0 Å². The second-order valence-electron chi connectivity index (χ2n) is 16.1. The first kappa shape index (κ1) is 58.1. The number of ether oxygens (including phenoxy) is 3. The molecule has 0 N–H and O–H groups in total. The molecule has 6 nitrogen and oxygen atoms in total. The zero-order chi connectivity index (χ0) is 45.1. The third-order valence-corrected chi connectivity index (χ3v) is 10.1. The lowest BCUT2D eigenvalue weighted by molar-refractivity contribution is -0.167. The molecular formula is C56H90O6. The Bertz CT molecular complexity index is 1310. The quantitative estimate of drug-likeness (QED) is 0.0200. The van der Waals surface area contributed by atoms with Gasteiger partial charge in [-0.3, -0.25) is 14.4 Å². The predicted molar refractivity (Wildman–Crippen MR) is 265 cm³/mol. The van der Waals surface area contributed by atoms with E-state index in [0.717, 1.165) is 96.3 Å². The van der Waals surface area contributed by atoms with Crippen LogP contribution in [-0.4, -0.2) is 37.2 Å². The second-order valence-corrected chi connectivity index (χ2v) is 16.1. The Balaban J connectivity index is 4.51. The van der Waals surface area contributed by atoms with Crippen LogP contribution in [-0.2, 0) is 28.6 Å². The van der Waals surface area contributed by atoms with E-state index in [1.807, 2.05) is 0 Å². The van der Waals surface area contributed by atoms with Gasteiger partial charge in [0.05, 0.1) is 0 Å². The second kappa shape index (κ2) is 49.7. The van der Waals surface area contributed by atoms with E-state index in [-0.39, 0.29) is 37.5 Å². The molecule has 350 valence electrons. The molecule has 0 rings (SSSR count). The molecule has 0 saturated carbocycles. The summed E-state index contributed by atoms with van der Waals surface area (Å²) in [5.41, 5.74) is 0. The molecule has 0 saturated heterocycles. The molecule has 0 aromatic heterocycles. The number of hydrogen-bond acceptors (Lipinski definition) is 6. The van der Waals surface area contributed by atoms with Gasteiger partial charge in [-0.25, -0.2) is 0 Å². The van der Waals surface area contributed by atoms with Crippen molar-refractivity contribution in [3.05, 3.63) is 109 Å². The van der Waals surface area contributed by atoms with Gasteiger partial charge in [0, 0.05) is 19.3 Å². The van der Waals surface area contributed by atoms with Crippen molar-refractivity contribution in [2.45, 2.75) is 213 Å². The molecule has 0 aliphatic heterocycles. The lowest BCUT2D eigenvalue weighted by Crippen LogP contribution is -2.30. The van der Waals surface area contributed by atoms with Gasteiger partial charge in [0.1, 0.15) is 13.2 Å². The van der Waals surface area contributed by atoms with Gasteiger partial charge in [-0.15, -0.1) is 0 Å². The Morgan fingerprint density at radius 2 is 0.710 bits per heavy atom. The topological polar surface area (TPSA) is 78.9 Å². The third kappa shape index (κ3) is 47.1. The lowest BCUT2D eigenvalue weighted by Gasteiger charge is -2.18. The van der Waals surface area contributed by atoms with Gasteiger partial charge in [-0.1, -0.05) is 194 Å². The first-order chi connectivity index (χ1) is 30.5. The molecule has 6 heteroatoms. The van der Waals surface area contributed by atoms with E-state index in [2.05, 4.69) is 130 Å². The molecular weight excluding hydrogens is 769 g/mol. The molecule has 0 amide bonds. The molecule has 0 aliphatic carbocycles. The van der Waals surface area contributed by atoms with Gasteiger partial charge in [0.15, 0.2) is 6.10 Å². The van der Waals surface area contributed by atoms with E-state index in [0.29, 0.717) is 19.3 Å². The summed E-state index contributed by atoms with van der Waals surface area (Å²) in [5.74, 6) is -1.04. The van der Waals surface area contributed by atoms with Crippen molar-refractivity contribution in [2.24, 2.45) is 0 Å². The minimum atomic E-state index is -0.828. The van der Waals surface area contributed by atoms with Crippen molar-refractivity contribution in [1.29, 1.82) is 0 Å². The first-order valence-corrected chi connectivity index (χ1v) is 24.9. The summed E-state index contributed by atoms with van der Waals surface area (Å²) in [4.78, 5) is 37.8.